The molecule has 2 saturated heterocycles. The summed E-state index contributed by atoms with van der Waals surface area (Å²) in [6.45, 7) is 4.74. The molecule has 2 aromatic rings. The van der Waals surface area contributed by atoms with Gasteiger partial charge in [0.05, 0.1) is 5.56 Å². The number of hydrogen-bond donors (Lipinski definition) is 0. The van der Waals surface area contributed by atoms with Crippen molar-refractivity contribution in [3.8, 4) is 0 Å². The van der Waals surface area contributed by atoms with Gasteiger partial charge in [0, 0.05) is 49.0 Å². The normalized spacial score (nSPS) is 18.7. The van der Waals surface area contributed by atoms with E-state index in [1.54, 1.807) is 0 Å². The molecule has 2 aromatic heterocycles. The van der Waals surface area contributed by atoms with E-state index in [0.717, 1.165) is 43.0 Å². The number of likely N-dealkylation sites (tertiary alicyclic amines) is 1. The van der Waals surface area contributed by atoms with Crippen molar-refractivity contribution in [2.24, 2.45) is 0 Å². The first kappa shape index (κ1) is 18.6. The van der Waals surface area contributed by atoms with E-state index in [4.69, 9.17) is 4.42 Å². The maximum atomic E-state index is 12.7. The minimum absolute atomic E-state index is 0.0205. The van der Waals surface area contributed by atoms with Gasteiger partial charge in [-0.05, 0) is 31.2 Å². The van der Waals surface area contributed by atoms with Crippen LogP contribution >= 0.6 is 23.1 Å². The largest absolute Gasteiger partial charge is 0.445 e. The Labute approximate surface area is 166 Å². The Morgan fingerprint density at radius 2 is 1.81 bits per heavy atom. The van der Waals surface area contributed by atoms with Gasteiger partial charge in [0.1, 0.15) is 5.76 Å². The molecule has 0 unspecified atom stereocenters. The van der Waals surface area contributed by atoms with Gasteiger partial charge in [-0.15, -0.1) is 0 Å². The fourth-order valence-electron chi connectivity index (χ4n) is 3.60. The zero-order chi connectivity index (χ0) is 18.8. The Morgan fingerprint density at radius 3 is 2.48 bits per heavy atom. The Hall–Kier alpha value is -1.80. The van der Waals surface area contributed by atoms with Crippen molar-refractivity contribution in [1.29, 1.82) is 0 Å². The summed E-state index contributed by atoms with van der Waals surface area (Å²) in [6.07, 6.45) is 1.62. The van der Waals surface area contributed by atoms with Crippen LogP contribution in [0, 0.1) is 6.92 Å². The average molecular weight is 406 g/mol. The van der Waals surface area contributed by atoms with Crippen LogP contribution < -0.4 is 0 Å². The fraction of sp³-hybridized carbons (Fsp3) is 0.526. The summed E-state index contributed by atoms with van der Waals surface area (Å²) in [7, 11) is 0. The van der Waals surface area contributed by atoms with E-state index in [2.05, 4.69) is 4.98 Å². The number of oxazole rings is 1. The van der Waals surface area contributed by atoms with Gasteiger partial charge in [-0.25, -0.2) is 4.98 Å². The second kappa shape index (κ2) is 8.06. The van der Waals surface area contributed by atoms with Crippen molar-refractivity contribution in [2.45, 2.75) is 25.7 Å². The molecule has 0 aliphatic carbocycles. The lowest BCUT2D eigenvalue weighted by molar-refractivity contribution is 0.0706. The highest BCUT2D eigenvalue weighted by Gasteiger charge is 2.30. The van der Waals surface area contributed by atoms with Crippen LogP contribution in [0.1, 0.15) is 51.3 Å². The summed E-state index contributed by atoms with van der Waals surface area (Å²) in [4.78, 5) is 33.5. The molecule has 2 aliphatic rings. The number of nitrogens with zero attached hydrogens (tertiary/aromatic N) is 3. The van der Waals surface area contributed by atoms with Gasteiger partial charge >= 0.3 is 0 Å². The topological polar surface area (TPSA) is 66.7 Å². The number of carbonyl (C=O) groups excluding carboxylic acids is 2. The predicted octanol–water partition coefficient (Wildman–Crippen LogP) is 3.25. The molecular weight excluding hydrogens is 382 g/mol. The molecule has 0 aromatic carbocycles. The third-order valence-corrected chi connectivity index (χ3v) is 6.84. The van der Waals surface area contributed by atoms with Crippen LogP contribution in [0.15, 0.2) is 21.2 Å². The van der Waals surface area contributed by atoms with Gasteiger partial charge in [0.15, 0.2) is 11.6 Å². The van der Waals surface area contributed by atoms with Gasteiger partial charge in [-0.2, -0.15) is 23.1 Å². The number of amides is 2. The smallest absolute Gasteiger partial charge is 0.276 e. The second-order valence-corrected chi connectivity index (χ2v) is 8.94. The Morgan fingerprint density at radius 1 is 1.11 bits per heavy atom. The molecule has 2 fully saturated rings. The van der Waals surface area contributed by atoms with Crippen LogP contribution in [-0.2, 0) is 0 Å². The minimum Gasteiger partial charge on any atom is -0.445 e. The van der Waals surface area contributed by atoms with Crippen molar-refractivity contribution >= 4 is 34.9 Å². The number of aromatic nitrogens is 1. The predicted molar refractivity (Wildman–Crippen MR) is 107 cm³/mol. The SMILES string of the molecule is Cc1oc(C2CCN(C(=O)c3ccsc3)CC2)nc1C(=O)N1CCSCC1. The standard InChI is InChI=1S/C19H23N3O3S2/c1-13-16(19(24)22-7-10-26-11-8-22)20-17(25-13)14-2-5-21(6-3-14)18(23)15-4-9-27-12-15/h4,9,12,14H,2-3,5-8,10-11H2,1H3. The number of thioether (sulfide) groups is 1. The molecule has 0 radical (unpaired) electrons. The van der Waals surface area contributed by atoms with Gasteiger partial charge in [-0.3, -0.25) is 9.59 Å². The van der Waals surface area contributed by atoms with Gasteiger partial charge in [-0.1, -0.05) is 0 Å². The summed E-state index contributed by atoms with van der Waals surface area (Å²) in [6, 6.07) is 1.87. The third-order valence-electron chi connectivity index (χ3n) is 5.21. The minimum atomic E-state index is -0.0205. The van der Waals surface area contributed by atoms with Crippen molar-refractivity contribution < 1.29 is 14.0 Å². The lowest BCUT2D eigenvalue weighted by Gasteiger charge is -2.30. The molecule has 8 heteroatoms. The lowest BCUT2D eigenvalue weighted by atomic mass is 9.96. The van der Waals surface area contributed by atoms with E-state index in [1.807, 2.05) is 45.3 Å². The highest BCUT2D eigenvalue weighted by atomic mass is 32.2. The first-order valence-corrected chi connectivity index (χ1v) is 11.4. The quantitative estimate of drug-likeness (QED) is 0.784. The summed E-state index contributed by atoms with van der Waals surface area (Å²) in [5.41, 5.74) is 1.21. The third kappa shape index (κ3) is 3.91. The Bertz CT molecular complexity index is 804. The molecule has 27 heavy (non-hydrogen) atoms. The summed E-state index contributed by atoms with van der Waals surface area (Å²) in [5, 5.41) is 3.82. The van der Waals surface area contributed by atoms with E-state index < -0.39 is 0 Å². The van der Waals surface area contributed by atoms with Crippen molar-refractivity contribution in [1.82, 2.24) is 14.8 Å². The lowest BCUT2D eigenvalue weighted by Crippen LogP contribution is -2.38. The van der Waals surface area contributed by atoms with Gasteiger partial charge in [0.2, 0.25) is 0 Å². The van der Waals surface area contributed by atoms with E-state index in [9.17, 15) is 9.59 Å². The molecule has 2 aliphatic heterocycles. The van der Waals surface area contributed by atoms with Crippen molar-refractivity contribution in [3.05, 3.63) is 39.7 Å². The van der Waals surface area contributed by atoms with E-state index in [0.29, 0.717) is 30.4 Å². The Balaban J connectivity index is 1.40. The number of hydrogen-bond acceptors (Lipinski definition) is 6. The van der Waals surface area contributed by atoms with Crippen molar-refractivity contribution in [2.75, 3.05) is 37.7 Å². The summed E-state index contributed by atoms with van der Waals surface area (Å²) in [5.74, 6) is 3.44. The number of thiophene rings is 1. The molecular formula is C19H23N3O3S2. The van der Waals surface area contributed by atoms with Crippen LogP contribution in [0.25, 0.3) is 0 Å². The molecule has 0 bridgehead atoms. The zero-order valence-corrected chi connectivity index (χ0v) is 17.0. The summed E-state index contributed by atoms with van der Waals surface area (Å²) < 4.78 is 5.87. The molecule has 4 rings (SSSR count). The monoisotopic (exact) mass is 405 g/mol. The molecule has 0 saturated carbocycles. The van der Waals surface area contributed by atoms with Crippen LogP contribution in [0.2, 0.25) is 0 Å². The first-order valence-electron chi connectivity index (χ1n) is 9.29. The molecule has 6 nitrogen and oxygen atoms in total. The molecule has 4 heterocycles. The average Bonchev–Trinajstić information content (AvgIpc) is 3.38. The molecule has 0 spiro atoms. The second-order valence-electron chi connectivity index (χ2n) is 6.94. The molecule has 0 atom stereocenters. The zero-order valence-electron chi connectivity index (χ0n) is 15.3. The summed E-state index contributed by atoms with van der Waals surface area (Å²) >= 11 is 3.41. The van der Waals surface area contributed by atoms with Gasteiger partial charge < -0.3 is 14.2 Å². The first-order chi connectivity index (χ1) is 13.1. The van der Waals surface area contributed by atoms with Gasteiger partial charge in [0.25, 0.3) is 11.8 Å². The van der Waals surface area contributed by atoms with Crippen LogP contribution in [0.3, 0.4) is 0 Å². The number of piperidine rings is 1. The van der Waals surface area contributed by atoms with E-state index in [-0.39, 0.29) is 17.7 Å². The number of aryl methyl sites for hydroxylation is 1. The van der Waals surface area contributed by atoms with Crippen molar-refractivity contribution in [3.63, 3.8) is 0 Å². The van der Waals surface area contributed by atoms with Crippen LogP contribution in [0.5, 0.6) is 0 Å². The molecule has 144 valence electrons. The van der Waals surface area contributed by atoms with E-state index >= 15 is 0 Å². The highest BCUT2D eigenvalue weighted by molar-refractivity contribution is 7.99. The number of rotatable bonds is 3. The van der Waals surface area contributed by atoms with E-state index in [1.165, 1.54) is 11.3 Å². The molecule has 0 N–H and O–H groups in total. The maximum Gasteiger partial charge on any atom is 0.276 e. The van der Waals surface area contributed by atoms with Crippen LogP contribution in [0.4, 0.5) is 0 Å². The fourth-order valence-corrected chi connectivity index (χ4v) is 5.14. The van der Waals surface area contributed by atoms with Crippen LogP contribution in [-0.4, -0.2) is 64.3 Å². The highest BCUT2D eigenvalue weighted by Crippen LogP contribution is 2.30. The maximum absolute atomic E-state index is 12.7. The Kier molecular flexibility index (Phi) is 5.54. The molecule has 2 amide bonds. The number of carbonyl (C=O) groups is 2.